The molecule has 0 saturated carbocycles. The molecule has 1 N–H and O–H groups in total. The molecule has 0 radical (unpaired) electrons. The minimum atomic E-state index is -0.0966. The molecular formula is C15H30N2O2. The predicted octanol–water partition coefficient (Wildman–Crippen LogP) is 1.19. The number of piperidine rings is 1. The molecule has 2 fully saturated rings. The van der Waals surface area contributed by atoms with Crippen LogP contribution < -0.4 is 0 Å². The maximum Gasteiger partial charge on any atom is 0.0829 e. The summed E-state index contributed by atoms with van der Waals surface area (Å²) in [6.45, 7) is 12.7. The summed E-state index contributed by atoms with van der Waals surface area (Å²) in [4.78, 5) is 4.99. The lowest BCUT2D eigenvalue weighted by Crippen LogP contribution is -2.52. The Morgan fingerprint density at radius 2 is 2.05 bits per heavy atom. The van der Waals surface area contributed by atoms with Crippen molar-refractivity contribution in [2.24, 2.45) is 5.92 Å². The van der Waals surface area contributed by atoms with Crippen molar-refractivity contribution in [2.75, 3.05) is 39.3 Å². The molecule has 4 nitrogen and oxygen atoms in total. The first kappa shape index (κ1) is 15.2. The van der Waals surface area contributed by atoms with Crippen molar-refractivity contribution in [1.29, 1.82) is 0 Å². The molecule has 2 heterocycles. The van der Waals surface area contributed by atoms with Gasteiger partial charge in [0.05, 0.1) is 18.8 Å². The van der Waals surface area contributed by atoms with Crippen LogP contribution in [0.5, 0.6) is 0 Å². The van der Waals surface area contributed by atoms with Crippen LogP contribution in [0.3, 0.4) is 0 Å². The van der Waals surface area contributed by atoms with Crippen molar-refractivity contribution in [3.8, 4) is 0 Å². The second-order valence-electron chi connectivity index (χ2n) is 6.37. The molecule has 2 aliphatic heterocycles. The summed E-state index contributed by atoms with van der Waals surface area (Å²) in [5, 5.41) is 9.94. The number of hydrogen-bond acceptors (Lipinski definition) is 4. The molecule has 0 bridgehead atoms. The van der Waals surface area contributed by atoms with E-state index >= 15 is 0 Å². The fraction of sp³-hybridized carbons (Fsp3) is 1.00. The number of rotatable bonds is 4. The van der Waals surface area contributed by atoms with Gasteiger partial charge in [0.25, 0.3) is 0 Å². The Hall–Kier alpha value is -0.160. The van der Waals surface area contributed by atoms with Gasteiger partial charge in [-0.1, -0.05) is 6.92 Å². The third-order valence-corrected chi connectivity index (χ3v) is 4.66. The molecule has 0 amide bonds. The fourth-order valence-corrected chi connectivity index (χ4v) is 3.27. The number of likely N-dealkylation sites (tertiary alicyclic amines) is 1. The highest BCUT2D eigenvalue weighted by Gasteiger charge is 2.29. The Kier molecular flexibility index (Phi) is 5.63. The molecule has 19 heavy (non-hydrogen) atoms. The molecule has 2 rings (SSSR count). The van der Waals surface area contributed by atoms with Crippen LogP contribution in [-0.4, -0.2) is 72.5 Å². The van der Waals surface area contributed by atoms with E-state index in [1.807, 2.05) is 0 Å². The largest absolute Gasteiger partial charge is 0.393 e. The summed E-state index contributed by atoms with van der Waals surface area (Å²) < 4.78 is 5.91. The van der Waals surface area contributed by atoms with Gasteiger partial charge < -0.3 is 14.7 Å². The van der Waals surface area contributed by atoms with Gasteiger partial charge in [-0.3, -0.25) is 4.90 Å². The zero-order valence-corrected chi connectivity index (χ0v) is 12.7. The molecule has 0 aromatic rings. The summed E-state index contributed by atoms with van der Waals surface area (Å²) in [6, 6.07) is 0.609. The van der Waals surface area contributed by atoms with Crippen LogP contribution in [0.2, 0.25) is 0 Å². The lowest BCUT2D eigenvalue weighted by Gasteiger charge is -2.41. The average molecular weight is 270 g/mol. The molecule has 2 aliphatic rings. The Morgan fingerprint density at radius 1 is 1.26 bits per heavy atom. The highest BCUT2D eigenvalue weighted by Crippen LogP contribution is 2.21. The van der Waals surface area contributed by atoms with Gasteiger partial charge in [0.1, 0.15) is 0 Å². The number of hydrogen-bond donors (Lipinski definition) is 1. The highest BCUT2D eigenvalue weighted by molar-refractivity contribution is 4.83. The number of ether oxygens (including phenoxy) is 1. The molecule has 3 atom stereocenters. The van der Waals surface area contributed by atoms with Crippen molar-refractivity contribution in [3.05, 3.63) is 0 Å². The summed E-state index contributed by atoms with van der Waals surface area (Å²) in [6.07, 6.45) is 2.23. The smallest absolute Gasteiger partial charge is 0.0829 e. The first-order valence-corrected chi connectivity index (χ1v) is 7.86. The summed E-state index contributed by atoms with van der Waals surface area (Å²) >= 11 is 0. The summed E-state index contributed by atoms with van der Waals surface area (Å²) in [5.74, 6) is 0.443. The van der Waals surface area contributed by atoms with E-state index < -0.39 is 0 Å². The van der Waals surface area contributed by atoms with E-state index in [4.69, 9.17) is 4.74 Å². The Morgan fingerprint density at radius 3 is 2.74 bits per heavy atom. The molecule has 2 saturated heterocycles. The van der Waals surface area contributed by atoms with Crippen LogP contribution in [0.4, 0.5) is 0 Å². The van der Waals surface area contributed by atoms with Gasteiger partial charge in [-0.15, -0.1) is 0 Å². The van der Waals surface area contributed by atoms with Gasteiger partial charge in [0.2, 0.25) is 0 Å². The van der Waals surface area contributed by atoms with Crippen molar-refractivity contribution >= 4 is 0 Å². The molecule has 112 valence electrons. The zero-order chi connectivity index (χ0) is 13.8. The standard InChI is InChI=1S/C15H30N2O2/c1-4-13-9-16(6-5-15(13)18)10-14-11-17(12(2)3)7-8-19-14/h12-15,18H,4-11H2,1-3H3. The average Bonchev–Trinajstić information content (AvgIpc) is 2.41. The van der Waals surface area contributed by atoms with Crippen molar-refractivity contribution in [3.63, 3.8) is 0 Å². The number of morpholine rings is 1. The Bertz CT molecular complexity index is 269. The highest BCUT2D eigenvalue weighted by atomic mass is 16.5. The van der Waals surface area contributed by atoms with Crippen molar-refractivity contribution < 1.29 is 9.84 Å². The monoisotopic (exact) mass is 270 g/mol. The molecule has 4 heteroatoms. The fourth-order valence-electron chi connectivity index (χ4n) is 3.27. The maximum absolute atomic E-state index is 9.94. The topological polar surface area (TPSA) is 35.9 Å². The lowest BCUT2D eigenvalue weighted by molar-refractivity contribution is -0.0641. The van der Waals surface area contributed by atoms with Crippen LogP contribution >= 0.6 is 0 Å². The van der Waals surface area contributed by atoms with Crippen LogP contribution in [0.25, 0.3) is 0 Å². The third-order valence-electron chi connectivity index (χ3n) is 4.66. The molecule has 0 aliphatic carbocycles. The van der Waals surface area contributed by atoms with E-state index in [0.717, 1.165) is 52.2 Å². The first-order valence-electron chi connectivity index (χ1n) is 7.86. The number of nitrogens with zero attached hydrogens (tertiary/aromatic N) is 2. The van der Waals surface area contributed by atoms with Crippen LogP contribution in [0.1, 0.15) is 33.6 Å². The Balaban J connectivity index is 1.80. The predicted molar refractivity (Wildman–Crippen MR) is 77.3 cm³/mol. The van der Waals surface area contributed by atoms with E-state index in [0.29, 0.717) is 18.1 Å². The van der Waals surface area contributed by atoms with Crippen molar-refractivity contribution in [1.82, 2.24) is 9.80 Å². The minimum Gasteiger partial charge on any atom is -0.393 e. The molecule has 0 aromatic heterocycles. The normalized spacial score (nSPS) is 34.9. The van der Waals surface area contributed by atoms with Gasteiger partial charge >= 0.3 is 0 Å². The third kappa shape index (κ3) is 4.15. The van der Waals surface area contributed by atoms with Gasteiger partial charge in [0, 0.05) is 38.8 Å². The quantitative estimate of drug-likeness (QED) is 0.832. The van der Waals surface area contributed by atoms with E-state index in [1.54, 1.807) is 0 Å². The van der Waals surface area contributed by atoms with Gasteiger partial charge in [0.15, 0.2) is 0 Å². The second-order valence-corrected chi connectivity index (χ2v) is 6.37. The molecular weight excluding hydrogens is 240 g/mol. The van der Waals surface area contributed by atoms with E-state index in [9.17, 15) is 5.11 Å². The Labute approximate surface area is 117 Å². The van der Waals surface area contributed by atoms with Crippen LogP contribution in [0, 0.1) is 5.92 Å². The first-order chi connectivity index (χ1) is 9.10. The van der Waals surface area contributed by atoms with Crippen LogP contribution in [-0.2, 0) is 4.74 Å². The maximum atomic E-state index is 9.94. The van der Waals surface area contributed by atoms with Crippen LogP contribution in [0.15, 0.2) is 0 Å². The second kappa shape index (κ2) is 7.02. The van der Waals surface area contributed by atoms with Crippen molar-refractivity contribution in [2.45, 2.75) is 51.9 Å². The summed E-state index contributed by atoms with van der Waals surface area (Å²) in [7, 11) is 0. The van der Waals surface area contributed by atoms with E-state index in [-0.39, 0.29) is 6.10 Å². The minimum absolute atomic E-state index is 0.0966. The molecule has 3 unspecified atom stereocenters. The van der Waals surface area contributed by atoms with Gasteiger partial charge in [-0.2, -0.15) is 0 Å². The van der Waals surface area contributed by atoms with E-state index in [1.165, 1.54) is 0 Å². The molecule has 0 spiro atoms. The van der Waals surface area contributed by atoms with Gasteiger partial charge in [-0.05, 0) is 32.6 Å². The van der Waals surface area contributed by atoms with Gasteiger partial charge in [-0.25, -0.2) is 0 Å². The number of aliphatic hydroxyl groups is 1. The molecule has 0 aromatic carbocycles. The zero-order valence-electron chi connectivity index (χ0n) is 12.7. The van der Waals surface area contributed by atoms with E-state index in [2.05, 4.69) is 30.6 Å². The lowest BCUT2D eigenvalue weighted by atomic mass is 9.92. The summed E-state index contributed by atoms with van der Waals surface area (Å²) in [5.41, 5.74) is 0. The SMILES string of the molecule is CCC1CN(CC2CN(C(C)C)CCO2)CCC1O. The number of aliphatic hydroxyl groups excluding tert-OH is 1.